The minimum absolute atomic E-state index is 0.0134. The highest BCUT2D eigenvalue weighted by Crippen LogP contribution is 2.41. The molecular weight excluding hydrogens is 383 g/mol. The van der Waals surface area contributed by atoms with Gasteiger partial charge in [-0.15, -0.1) is 0 Å². The Labute approximate surface area is 173 Å². The maximum atomic E-state index is 13.5. The first-order valence-electron chi connectivity index (χ1n) is 10.6. The zero-order valence-electron chi connectivity index (χ0n) is 16.8. The van der Waals surface area contributed by atoms with Gasteiger partial charge in [0.2, 0.25) is 5.91 Å². The van der Waals surface area contributed by atoms with E-state index in [1.165, 1.54) is 0 Å². The average Bonchev–Trinajstić information content (AvgIpc) is 3.21. The highest BCUT2D eigenvalue weighted by molar-refractivity contribution is 5.92. The zero-order valence-corrected chi connectivity index (χ0v) is 16.8. The maximum absolute atomic E-state index is 13.5. The lowest BCUT2D eigenvalue weighted by molar-refractivity contribution is -0.136. The number of amides is 1. The number of aromatic nitrogens is 4. The van der Waals surface area contributed by atoms with E-state index in [0.29, 0.717) is 6.42 Å². The van der Waals surface area contributed by atoms with Crippen LogP contribution in [-0.4, -0.2) is 62.1 Å². The number of carbonyl (C=O) groups excluding carboxylic acids is 1. The van der Waals surface area contributed by atoms with Gasteiger partial charge in [-0.2, -0.15) is 0 Å². The molecule has 154 valence electrons. The van der Waals surface area contributed by atoms with Gasteiger partial charge in [-0.05, 0) is 44.4 Å². The summed E-state index contributed by atoms with van der Waals surface area (Å²) in [6.07, 6.45) is 4.79. The number of H-pyrrole nitrogens is 1. The predicted molar refractivity (Wildman–Crippen MR) is 111 cm³/mol. The number of aryl methyl sites for hydroxylation is 1. The standard InChI is InChI=1S/C22H23FN6O/c1-12-6-13(4-5-24-12)19-8-17-20(27-19)25-11-26-21(17)28-9-14-2-3-15(10-28)29(14)22(30)16-7-18(16)23/h4-6,8,11,14-16,18H,2-3,7,9-10H2,1H3,(H,25,26,27)/t14?,15?,16?,18-/m1/s1. The number of fused-ring (bicyclic) bond motifs is 3. The Morgan fingerprint density at radius 3 is 2.63 bits per heavy atom. The first-order valence-corrected chi connectivity index (χ1v) is 10.6. The van der Waals surface area contributed by atoms with Crippen molar-refractivity contribution in [1.82, 2.24) is 24.8 Å². The van der Waals surface area contributed by atoms with Crippen molar-refractivity contribution in [1.29, 1.82) is 0 Å². The Morgan fingerprint density at radius 2 is 1.93 bits per heavy atom. The van der Waals surface area contributed by atoms with E-state index in [-0.39, 0.29) is 18.0 Å². The molecule has 3 aliphatic rings. The number of carbonyl (C=O) groups is 1. The molecule has 1 aliphatic carbocycles. The van der Waals surface area contributed by atoms with E-state index < -0.39 is 12.1 Å². The Morgan fingerprint density at radius 1 is 1.17 bits per heavy atom. The van der Waals surface area contributed by atoms with Gasteiger partial charge in [0.1, 0.15) is 24.0 Å². The number of anilines is 1. The molecule has 0 aromatic carbocycles. The molecule has 0 spiro atoms. The predicted octanol–water partition coefficient (Wildman–Crippen LogP) is 2.87. The van der Waals surface area contributed by atoms with E-state index in [4.69, 9.17) is 0 Å². The molecular formula is C22H23FN6O. The molecule has 7 nitrogen and oxygen atoms in total. The highest BCUT2D eigenvalue weighted by atomic mass is 19.1. The van der Waals surface area contributed by atoms with Crippen LogP contribution in [-0.2, 0) is 4.79 Å². The molecule has 3 fully saturated rings. The van der Waals surface area contributed by atoms with Crippen LogP contribution in [0.1, 0.15) is 25.0 Å². The summed E-state index contributed by atoms with van der Waals surface area (Å²) in [4.78, 5) is 33.6. The van der Waals surface area contributed by atoms with Gasteiger partial charge >= 0.3 is 0 Å². The molecule has 2 aliphatic heterocycles. The molecule has 6 rings (SSSR count). The summed E-state index contributed by atoms with van der Waals surface area (Å²) >= 11 is 0. The van der Waals surface area contributed by atoms with Crippen LogP contribution in [0.15, 0.2) is 30.7 Å². The Kier molecular flexibility index (Phi) is 3.85. The van der Waals surface area contributed by atoms with Gasteiger partial charge in [-0.25, -0.2) is 14.4 Å². The summed E-state index contributed by atoms with van der Waals surface area (Å²) in [6.45, 7) is 3.43. The lowest BCUT2D eigenvalue weighted by atomic mass is 10.1. The van der Waals surface area contributed by atoms with Crippen molar-refractivity contribution in [3.63, 3.8) is 0 Å². The highest BCUT2D eigenvalue weighted by Gasteiger charge is 2.51. The van der Waals surface area contributed by atoms with E-state index >= 15 is 0 Å². The van der Waals surface area contributed by atoms with Crippen molar-refractivity contribution < 1.29 is 9.18 Å². The molecule has 3 unspecified atom stereocenters. The molecule has 3 aromatic rings. The van der Waals surface area contributed by atoms with Gasteiger partial charge < -0.3 is 14.8 Å². The SMILES string of the molecule is Cc1cc(-c2cc3c(N4CC5CCC(C4)N5C(=O)C4C[C@H]4F)ncnc3[nH]2)ccn1. The number of aromatic amines is 1. The summed E-state index contributed by atoms with van der Waals surface area (Å²) < 4.78 is 13.5. The fraction of sp³-hybridized carbons (Fsp3) is 0.455. The molecule has 8 heteroatoms. The number of pyridine rings is 1. The molecule has 1 amide bonds. The lowest BCUT2D eigenvalue weighted by Gasteiger charge is -2.41. The summed E-state index contributed by atoms with van der Waals surface area (Å²) in [5.74, 6) is 0.507. The topological polar surface area (TPSA) is 78.0 Å². The van der Waals surface area contributed by atoms with Gasteiger partial charge in [0, 0.05) is 48.3 Å². The van der Waals surface area contributed by atoms with Gasteiger partial charge in [0.05, 0.1) is 11.3 Å². The van der Waals surface area contributed by atoms with E-state index in [9.17, 15) is 9.18 Å². The molecule has 30 heavy (non-hydrogen) atoms. The van der Waals surface area contributed by atoms with Crippen molar-refractivity contribution in [2.45, 2.75) is 44.4 Å². The third-order valence-electron chi connectivity index (χ3n) is 6.68. The third kappa shape index (κ3) is 2.77. The van der Waals surface area contributed by atoms with Crippen LogP contribution in [0, 0.1) is 12.8 Å². The second-order valence-corrected chi connectivity index (χ2v) is 8.72. The van der Waals surface area contributed by atoms with Crippen LogP contribution in [0.3, 0.4) is 0 Å². The zero-order chi connectivity index (χ0) is 20.4. The van der Waals surface area contributed by atoms with Crippen LogP contribution < -0.4 is 4.90 Å². The van der Waals surface area contributed by atoms with Crippen LogP contribution in [0.4, 0.5) is 10.2 Å². The largest absolute Gasteiger partial charge is 0.352 e. The van der Waals surface area contributed by atoms with Gasteiger partial charge in [-0.3, -0.25) is 9.78 Å². The molecule has 5 heterocycles. The number of nitrogens with zero attached hydrogens (tertiary/aromatic N) is 5. The fourth-order valence-electron chi connectivity index (χ4n) is 5.09. The van der Waals surface area contributed by atoms with Crippen LogP contribution in [0.25, 0.3) is 22.3 Å². The smallest absolute Gasteiger partial charge is 0.229 e. The van der Waals surface area contributed by atoms with E-state index in [2.05, 4.69) is 30.9 Å². The quantitative estimate of drug-likeness (QED) is 0.724. The Hall–Kier alpha value is -3.03. The number of piperazine rings is 1. The number of hydrogen-bond acceptors (Lipinski definition) is 5. The Bertz CT molecular complexity index is 1130. The van der Waals surface area contributed by atoms with Crippen LogP contribution in [0.2, 0.25) is 0 Å². The number of nitrogens with one attached hydrogen (secondary N) is 1. The number of rotatable bonds is 3. The van der Waals surface area contributed by atoms with E-state index in [1.54, 1.807) is 12.5 Å². The van der Waals surface area contributed by atoms with Crippen molar-refractivity contribution in [3.8, 4) is 11.3 Å². The minimum atomic E-state index is -0.938. The first kappa shape index (κ1) is 17.8. The van der Waals surface area contributed by atoms with Crippen LogP contribution >= 0.6 is 0 Å². The van der Waals surface area contributed by atoms with Gasteiger partial charge in [0.25, 0.3) is 0 Å². The molecule has 2 saturated heterocycles. The molecule has 0 radical (unpaired) electrons. The molecule has 2 bridgehead atoms. The van der Waals surface area contributed by atoms with Crippen molar-refractivity contribution in [2.75, 3.05) is 18.0 Å². The summed E-state index contributed by atoms with van der Waals surface area (Å²) in [5, 5.41) is 0.979. The second kappa shape index (κ2) is 6.48. The average molecular weight is 406 g/mol. The summed E-state index contributed by atoms with van der Waals surface area (Å²) in [7, 11) is 0. The number of alkyl halides is 1. The third-order valence-corrected chi connectivity index (χ3v) is 6.68. The molecule has 1 N–H and O–H groups in total. The van der Waals surface area contributed by atoms with Gasteiger partial charge in [-0.1, -0.05) is 0 Å². The van der Waals surface area contributed by atoms with Crippen molar-refractivity contribution >= 4 is 22.8 Å². The summed E-state index contributed by atoms with van der Waals surface area (Å²) in [5.41, 5.74) is 3.80. The van der Waals surface area contributed by atoms with Crippen molar-refractivity contribution in [2.24, 2.45) is 5.92 Å². The first-order chi connectivity index (χ1) is 14.6. The van der Waals surface area contributed by atoms with Crippen LogP contribution in [0.5, 0.6) is 0 Å². The number of hydrogen-bond donors (Lipinski definition) is 1. The minimum Gasteiger partial charge on any atom is -0.352 e. The maximum Gasteiger partial charge on any atom is 0.229 e. The lowest BCUT2D eigenvalue weighted by Crippen LogP contribution is -2.56. The monoisotopic (exact) mass is 406 g/mol. The molecule has 3 aromatic heterocycles. The number of halogens is 1. The fourth-order valence-corrected chi connectivity index (χ4v) is 5.09. The Balaban J connectivity index is 1.31. The molecule has 1 saturated carbocycles. The normalized spacial score (nSPS) is 27.7. The molecule has 4 atom stereocenters. The second-order valence-electron chi connectivity index (χ2n) is 8.72. The summed E-state index contributed by atoms with van der Waals surface area (Å²) in [6, 6.07) is 6.38. The van der Waals surface area contributed by atoms with Gasteiger partial charge in [0.15, 0.2) is 0 Å². The van der Waals surface area contributed by atoms with Crippen molar-refractivity contribution in [3.05, 3.63) is 36.4 Å². The van der Waals surface area contributed by atoms with E-state index in [1.807, 2.05) is 24.0 Å². The van der Waals surface area contributed by atoms with E-state index in [0.717, 1.165) is 59.7 Å².